The van der Waals surface area contributed by atoms with Gasteiger partial charge in [-0.15, -0.1) is 11.3 Å². The number of amides is 1. The van der Waals surface area contributed by atoms with Crippen LogP contribution in [0.4, 0.5) is 18.9 Å². The molecule has 21 heavy (non-hydrogen) atoms. The van der Waals surface area contributed by atoms with Gasteiger partial charge in [0.05, 0.1) is 5.56 Å². The first-order chi connectivity index (χ1) is 9.93. The zero-order valence-electron chi connectivity index (χ0n) is 10.4. The normalized spacial score (nSPS) is 11.8. The Morgan fingerprint density at radius 2 is 2.14 bits per heavy atom. The van der Waals surface area contributed by atoms with Gasteiger partial charge < -0.3 is 5.32 Å². The third-order valence-corrected chi connectivity index (χ3v) is 3.54. The number of rotatable bonds is 2. The summed E-state index contributed by atoms with van der Waals surface area (Å²) in [6, 6.07) is 4.47. The van der Waals surface area contributed by atoms with Crippen molar-refractivity contribution < 1.29 is 18.0 Å². The van der Waals surface area contributed by atoms with Crippen molar-refractivity contribution in [2.24, 2.45) is 0 Å². The summed E-state index contributed by atoms with van der Waals surface area (Å²) in [7, 11) is 0. The van der Waals surface area contributed by atoms with Gasteiger partial charge in [0.25, 0.3) is 5.91 Å². The average molecular weight is 311 g/mol. The predicted octanol–water partition coefficient (Wildman–Crippen LogP) is 3.67. The van der Waals surface area contributed by atoms with Crippen molar-refractivity contribution in [3.05, 3.63) is 53.3 Å². The number of nitrogens with one attached hydrogen (secondary N) is 1. The van der Waals surface area contributed by atoms with E-state index in [2.05, 4.69) is 10.3 Å². The van der Waals surface area contributed by atoms with Gasteiger partial charge in [-0.1, -0.05) is 6.07 Å². The van der Waals surface area contributed by atoms with Gasteiger partial charge in [-0.3, -0.25) is 9.20 Å². The highest BCUT2D eigenvalue weighted by Gasteiger charge is 2.30. The number of nitrogens with zero attached hydrogens (tertiary/aromatic N) is 2. The molecule has 0 spiro atoms. The molecule has 1 N–H and O–H groups in total. The molecule has 2 aromatic heterocycles. The highest BCUT2D eigenvalue weighted by molar-refractivity contribution is 7.15. The summed E-state index contributed by atoms with van der Waals surface area (Å²) >= 11 is 1.36. The summed E-state index contributed by atoms with van der Waals surface area (Å²) in [4.78, 5) is 16.7. The molecule has 4 nitrogen and oxygen atoms in total. The Bertz CT molecular complexity index is 778. The molecule has 0 radical (unpaired) electrons. The minimum Gasteiger partial charge on any atom is -0.321 e. The lowest BCUT2D eigenvalue weighted by Gasteiger charge is -2.09. The smallest absolute Gasteiger partial charge is 0.321 e. The lowest BCUT2D eigenvalue weighted by atomic mass is 10.2. The Morgan fingerprint density at radius 1 is 1.33 bits per heavy atom. The second-order valence-corrected chi connectivity index (χ2v) is 5.12. The molecule has 1 aromatic carbocycles. The van der Waals surface area contributed by atoms with Gasteiger partial charge in [-0.25, -0.2) is 4.98 Å². The summed E-state index contributed by atoms with van der Waals surface area (Å²) in [5, 5.41) is 4.23. The van der Waals surface area contributed by atoms with Crippen LogP contribution in [0.1, 0.15) is 16.1 Å². The summed E-state index contributed by atoms with van der Waals surface area (Å²) in [6.07, 6.45) is -1.18. The number of hydrogen-bond acceptors (Lipinski definition) is 3. The highest BCUT2D eigenvalue weighted by atomic mass is 32.1. The summed E-state index contributed by atoms with van der Waals surface area (Å²) < 4.78 is 39.5. The van der Waals surface area contributed by atoms with Crippen LogP contribution in [0.25, 0.3) is 4.96 Å². The number of carbonyl (C=O) groups excluding carboxylic acids is 1. The fraction of sp³-hybridized carbons (Fsp3) is 0.0769. The van der Waals surface area contributed by atoms with Crippen molar-refractivity contribution in [1.82, 2.24) is 9.38 Å². The average Bonchev–Trinajstić information content (AvgIpc) is 2.98. The van der Waals surface area contributed by atoms with Gasteiger partial charge in [0.15, 0.2) is 4.96 Å². The molecule has 0 saturated heterocycles. The van der Waals surface area contributed by atoms with E-state index in [0.717, 1.165) is 12.1 Å². The molecule has 3 aromatic rings. The van der Waals surface area contributed by atoms with Crippen molar-refractivity contribution in [3.8, 4) is 0 Å². The maximum Gasteiger partial charge on any atom is 0.416 e. The second-order valence-electron chi connectivity index (χ2n) is 4.25. The van der Waals surface area contributed by atoms with Gasteiger partial charge in [0.2, 0.25) is 0 Å². The molecule has 1 amide bonds. The number of thiazole rings is 1. The SMILES string of the molecule is O=C(Nc1cccc(C(F)(F)F)c1)c1cn2ccsc2n1. The van der Waals surface area contributed by atoms with E-state index < -0.39 is 17.6 Å². The maximum absolute atomic E-state index is 12.6. The lowest BCUT2D eigenvalue weighted by Crippen LogP contribution is -2.13. The largest absolute Gasteiger partial charge is 0.416 e. The lowest BCUT2D eigenvalue weighted by molar-refractivity contribution is -0.137. The Balaban J connectivity index is 1.83. The zero-order chi connectivity index (χ0) is 15.0. The first-order valence-electron chi connectivity index (χ1n) is 5.84. The van der Waals surface area contributed by atoms with E-state index in [-0.39, 0.29) is 11.4 Å². The standard InChI is InChI=1S/C13H8F3N3OS/c14-13(15,16)8-2-1-3-9(6-8)17-11(20)10-7-19-4-5-21-12(19)18-10/h1-7H,(H,17,20). The fourth-order valence-electron chi connectivity index (χ4n) is 1.81. The van der Waals surface area contributed by atoms with E-state index in [1.165, 1.54) is 29.7 Å². The van der Waals surface area contributed by atoms with Crippen LogP contribution in [0.5, 0.6) is 0 Å². The summed E-state index contributed by atoms with van der Waals surface area (Å²) in [6.45, 7) is 0. The van der Waals surface area contributed by atoms with Crippen LogP contribution in [0, 0.1) is 0 Å². The van der Waals surface area contributed by atoms with Crippen molar-refractivity contribution >= 4 is 27.9 Å². The van der Waals surface area contributed by atoms with E-state index in [4.69, 9.17) is 0 Å². The topological polar surface area (TPSA) is 46.4 Å². The number of carbonyl (C=O) groups is 1. The molecule has 3 rings (SSSR count). The molecule has 0 bridgehead atoms. The highest BCUT2D eigenvalue weighted by Crippen LogP contribution is 2.30. The van der Waals surface area contributed by atoms with E-state index in [9.17, 15) is 18.0 Å². The van der Waals surface area contributed by atoms with E-state index >= 15 is 0 Å². The van der Waals surface area contributed by atoms with Crippen LogP contribution in [0.15, 0.2) is 42.0 Å². The molecule has 0 fully saturated rings. The number of aromatic nitrogens is 2. The van der Waals surface area contributed by atoms with Crippen molar-refractivity contribution in [1.29, 1.82) is 0 Å². The Kier molecular flexibility index (Phi) is 3.17. The third kappa shape index (κ3) is 2.75. The number of halogens is 3. The van der Waals surface area contributed by atoms with Crippen LogP contribution in [-0.4, -0.2) is 15.3 Å². The van der Waals surface area contributed by atoms with Crippen molar-refractivity contribution in [3.63, 3.8) is 0 Å². The molecule has 0 atom stereocenters. The molecule has 0 saturated carbocycles. The first kappa shape index (κ1) is 13.6. The number of fused-ring (bicyclic) bond motifs is 1. The van der Waals surface area contributed by atoms with Gasteiger partial charge in [-0.2, -0.15) is 13.2 Å². The third-order valence-electron chi connectivity index (χ3n) is 2.77. The molecule has 2 heterocycles. The van der Waals surface area contributed by atoms with Crippen molar-refractivity contribution in [2.75, 3.05) is 5.32 Å². The predicted molar refractivity (Wildman–Crippen MR) is 72.5 cm³/mol. The summed E-state index contributed by atoms with van der Waals surface area (Å²) in [5.41, 5.74) is -0.587. The molecular formula is C13H8F3N3OS. The number of hydrogen-bond donors (Lipinski definition) is 1. The number of anilines is 1. The number of benzene rings is 1. The minimum absolute atomic E-state index is 0.0752. The van der Waals surface area contributed by atoms with Gasteiger partial charge in [0, 0.05) is 23.5 Å². The Hall–Kier alpha value is -2.35. The number of alkyl halides is 3. The number of imidazole rings is 1. The molecule has 0 aliphatic rings. The van der Waals surface area contributed by atoms with E-state index in [0.29, 0.717) is 4.96 Å². The quantitative estimate of drug-likeness (QED) is 0.785. The molecule has 0 aliphatic heterocycles. The first-order valence-corrected chi connectivity index (χ1v) is 6.72. The molecular weight excluding hydrogens is 303 g/mol. The summed E-state index contributed by atoms with van der Waals surface area (Å²) in [5.74, 6) is -0.551. The Labute approximate surface area is 120 Å². The van der Waals surface area contributed by atoms with Crippen LogP contribution >= 0.6 is 11.3 Å². The molecule has 0 aliphatic carbocycles. The molecule has 108 valence electrons. The monoisotopic (exact) mass is 311 g/mol. The maximum atomic E-state index is 12.6. The van der Waals surface area contributed by atoms with E-state index in [1.807, 2.05) is 5.38 Å². The van der Waals surface area contributed by atoms with E-state index in [1.54, 1.807) is 10.6 Å². The van der Waals surface area contributed by atoms with Gasteiger partial charge >= 0.3 is 6.18 Å². The van der Waals surface area contributed by atoms with Crippen molar-refractivity contribution in [2.45, 2.75) is 6.18 Å². The Morgan fingerprint density at radius 3 is 2.86 bits per heavy atom. The van der Waals surface area contributed by atoms with Crippen LogP contribution in [-0.2, 0) is 6.18 Å². The minimum atomic E-state index is -4.45. The molecule has 8 heteroatoms. The van der Waals surface area contributed by atoms with Crippen LogP contribution in [0.2, 0.25) is 0 Å². The molecule has 0 unspecified atom stereocenters. The second kappa shape index (κ2) is 4.88. The van der Waals surface area contributed by atoms with Gasteiger partial charge in [-0.05, 0) is 18.2 Å². The van der Waals surface area contributed by atoms with Crippen LogP contribution in [0.3, 0.4) is 0 Å². The zero-order valence-corrected chi connectivity index (χ0v) is 11.2. The van der Waals surface area contributed by atoms with Crippen LogP contribution < -0.4 is 5.32 Å². The fourth-order valence-corrected chi connectivity index (χ4v) is 2.51. The van der Waals surface area contributed by atoms with Gasteiger partial charge in [0.1, 0.15) is 5.69 Å².